The van der Waals surface area contributed by atoms with Crippen molar-refractivity contribution in [2.75, 3.05) is 39.6 Å². The largest absolute Gasteiger partial charge is 0.472 e. The molecule has 0 aromatic carbocycles. The van der Waals surface area contributed by atoms with E-state index in [1.165, 1.54) is 154 Å². The molecule has 17 nitrogen and oxygen atoms in total. The maximum absolute atomic E-state index is 13.0. The van der Waals surface area contributed by atoms with Gasteiger partial charge in [-0.3, -0.25) is 37.3 Å². The fourth-order valence-corrected chi connectivity index (χ4v) is 12.4. The summed E-state index contributed by atoms with van der Waals surface area (Å²) in [6.45, 7) is 14.1. The van der Waals surface area contributed by atoms with Crippen LogP contribution in [0.4, 0.5) is 0 Å². The van der Waals surface area contributed by atoms with Gasteiger partial charge in [-0.15, -0.1) is 0 Å². The molecule has 6 atom stereocenters. The molecule has 19 heteroatoms. The Hall–Kier alpha value is -1.94. The van der Waals surface area contributed by atoms with Gasteiger partial charge in [0, 0.05) is 25.7 Å². The molecule has 0 amide bonds. The standard InChI is InChI=1S/C72H140O17P2/c1-9-65(8)51-43-35-26-20-16-12-10-11-13-17-22-28-38-46-54-71(76)88-68(59-83-70(75)53-45-37-31-30-34-42-50-64(6)7)61-87-91(80,81)85-57-66(73)56-84-90(78,79)86-60-67(89-72(77)55-47-39-29-23-25-33-41-49-63(4)5)58-82-69(74)52-44-36-27-21-18-14-15-19-24-32-40-48-62(2)3/h62-68,73H,9-61H2,1-8H3,(H,78,79)(H,80,81)/t65?,66-,67-,68-/m1/s1. The summed E-state index contributed by atoms with van der Waals surface area (Å²) in [5.41, 5.74) is 0. The van der Waals surface area contributed by atoms with E-state index in [2.05, 4.69) is 55.4 Å². The third-order valence-corrected chi connectivity index (χ3v) is 18.8. The lowest BCUT2D eigenvalue weighted by Crippen LogP contribution is -2.30. The van der Waals surface area contributed by atoms with Crippen LogP contribution in [-0.2, 0) is 65.4 Å². The topological polar surface area (TPSA) is 237 Å². The number of hydrogen-bond donors (Lipinski definition) is 3. The number of carbonyl (C=O) groups excluding carboxylic acids is 4. The summed E-state index contributed by atoms with van der Waals surface area (Å²) < 4.78 is 68.3. The van der Waals surface area contributed by atoms with E-state index in [9.17, 15) is 43.2 Å². The first-order valence-corrected chi connectivity index (χ1v) is 40.2. The van der Waals surface area contributed by atoms with Crippen molar-refractivity contribution < 1.29 is 80.2 Å². The van der Waals surface area contributed by atoms with Crippen LogP contribution in [0.15, 0.2) is 0 Å². The zero-order chi connectivity index (χ0) is 67.5. The minimum absolute atomic E-state index is 0.103. The number of phosphoric ester groups is 2. The van der Waals surface area contributed by atoms with Crippen LogP contribution in [-0.4, -0.2) is 96.7 Å². The second-order valence-electron chi connectivity index (χ2n) is 27.6. The molecule has 0 aromatic heterocycles. The number of aliphatic hydroxyl groups excluding tert-OH is 1. The quantitative estimate of drug-likeness (QED) is 0.0222. The Morgan fingerprint density at radius 3 is 0.780 bits per heavy atom. The van der Waals surface area contributed by atoms with Gasteiger partial charge in [-0.25, -0.2) is 9.13 Å². The average molecular weight is 1340 g/mol. The molecule has 3 unspecified atom stereocenters. The number of aliphatic hydroxyl groups is 1. The number of hydrogen-bond acceptors (Lipinski definition) is 15. The van der Waals surface area contributed by atoms with E-state index in [-0.39, 0.29) is 25.7 Å². The van der Waals surface area contributed by atoms with Gasteiger partial charge in [-0.05, 0) is 49.4 Å². The van der Waals surface area contributed by atoms with Crippen molar-refractivity contribution in [3.63, 3.8) is 0 Å². The van der Waals surface area contributed by atoms with Crippen molar-refractivity contribution in [3.05, 3.63) is 0 Å². The Kier molecular flexibility index (Phi) is 60.3. The first-order chi connectivity index (χ1) is 43.6. The fourth-order valence-electron chi connectivity index (χ4n) is 10.8. The Morgan fingerprint density at radius 1 is 0.308 bits per heavy atom. The summed E-state index contributed by atoms with van der Waals surface area (Å²) in [6.07, 6.45) is 44.6. The van der Waals surface area contributed by atoms with Crippen LogP contribution in [0.1, 0.15) is 357 Å². The number of ether oxygens (including phenoxy) is 4. The van der Waals surface area contributed by atoms with Gasteiger partial charge in [-0.1, -0.05) is 306 Å². The Balaban J connectivity index is 5.19. The molecular formula is C72H140O17P2. The van der Waals surface area contributed by atoms with E-state index in [1.807, 2.05) is 0 Å². The van der Waals surface area contributed by atoms with Crippen LogP contribution in [0.5, 0.6) is 0 Å². The molecule has 0 saturated heterocycles. The molecule has 0 aromatic rings. The molecule has 0 spiro atoms. The van der Waals surface area contributed by atoms with Gasteiger partial charge in [0.25, 0.3) is 0 Å². The molecule has 91 heavy (non-hydrogen) atoms. The summed E-state index contributed by atoms with van der Waals surface area (Å²) in [5.74, 6) is 0.862. The van der Waals surface area contributed by atoms with E-state index in [0.29, 0.717) is 37.5 Å². The highest BCUT2D eigenvalue weighted by molar-refractivity contribution is 7.47. The molecule has 0 bridgehead atoms. The minimum Gasteiger partial charge on any atom is -0.462 e. The summed E-state index contributed by atoms with van der Waals surface area (Å²) >= 11 is 0. The molecule has 0 aliphatic rings. The zero-order valence-corrected chi connectivity index (χ0v) is 61.3. The normalized spacial score (nSPS) is 14.5. The first kappa shape index (κ1) is 89.1. The second kappa shape index (κ2) is 61.6. The van der Waals surface area contributed by atoms with Crippen molar-refractivity contribution in [3.8, 4) is 0 Å². The average Bonchev–Trinajstić information content (AvgIpc) is 3.24. The lowest BCUT2D eigenvalue weighted by Gasteiger charge is -2.21. The van der Waals surface area contributed by atoms with Crippen LogP contribution in [0.3, 0.4) is 0 Å². The smallest absolute Gasteiger partial charge is 0.462 e. The molecule has 0 saturated carbocycles. The summed E-state index contributed by atoms with van der Waals surface area (Å²) in [5, 5.41) is 10.6. The van der Waals surface area contributed by atoms with Crippen molar-refractivity contribution in [1.29, 1.82) is 0 Å². The van der Waals surface area contributed by atoms with Crippen LogP contribution in [0, 0.1) is 23.7 Å². The van der Waals surface area contributed by atoms with Crippen LogP contribution in [0.25, 0.3) is 0 Å². The maximum atomic E-state index is 13.0. The lowest BCUT2D eigenvalue weighted by molar-refractivity contribution is -0.161. The number of rotatable bonds is 69. The highest BCUT2D eigenvalue weighted by Gasteiger charge is 2.30. The van der Waals surface area contributed by atoms with Gasteiger partial charge in [-0.2, -0.15) is 0 Å². The van der Waals surface area contributed by atoms with E-state index >= 15 is 0 Å². The highest BCUT2D eigenvalue weighted by atomic mass is 31.2. The van der Waals surface area contributed by atoms with Gasteiger partial charge in [0.1, 0.15) is 19.3 Å². The van der Waals surface area contributed by atoms with E-state index < -0.39 is 97.5 Å². The predicted molar refractivity (Wildman–Crippen MR) is 367 cm³/mol. The summed E-state index contributed by atoms with van der Waals surface area (Å²) in [6, 6.07) is 0. The maximum Gasteiger partial charge on any atom is 0.472 e. The molecule has 540 valence electrons. The van der Waals surface area contributed by atoms with Gasteiger partial charge in [0.05, 0.1) is 26.4 Å². The van der Waals surface area contributed by atoms with Gasteiger partial charge in [0.2, 0.25) is 0 Å². The van der Waals surface area contributed by atoms with Gasteiger partial charge in [0.15, 0.2) is 12.2 Å². The number of unbranched alkanes of at least 4 members (excludes halogenated alkanes) is 34. The zero-order valence-electron chi connectivity index (χ0n) is 59.5. The molecule has 3 N–H and O–H groups in total. The molecular weight excluding hydrogens is 1200 g/mol. The molecule has 0 rings (SSSR count). The molecule has 0 aliphatic heterocycles. The van der Waals surface area contributed by atoms with Gasteiger partial charge >= 0.3 is 39.5 Å². The summed E-state index contributed by atoms with van der Waals surface area (Å²) in [4.78, 5) is 72.6. The predicted octanol–water partition coefficient (Wildman–Crippen LogP) is 20.5. The Morgan fingerprint density at radius 2 is 0.527 bits per heavy atom. The van der Waals surface area contributed by atoms with Crippen molar-refractivity contribution in [2.24, 2.45) is 23.7 Å². The minimum atomic E-state index is -4.95. The van der Waals surface area contributed by atoms with Crippen LogP contribution < -0.4 is 0 Å². The second-order valence-corrected chi connectivity index (χ2v) is 30.6. The number of carbonyl (C=O) groups is 4. The molecule has 0 radical (unpaired) electrons. The van der Waals surface area contributed by atoms with Crippen LogP contribution >= 0.6 is 15.6 Å². The molecule has 0 fully saturated rings. The van der Waals surface area contributed by atoms with Crippen molar-refractivity contribution in [2.45, 2.75) is 375 Å². The first-order valence-electron chi connectivity index (χ1n) is 37.2. The van der Waals surface area contributed by atoms with E-state index in [4.69, 9.17) is 37.0 Å². The molecule has 0 heterocycles. The Labute approximate surface area is 556 Å². The van der Waals surface area contributed by atoms with E-state index in [0.717, 1.165) is 108 Å². The highest BCUT2D eigenvalue weighted by Crippen LogP contribution is 2.45. The fraction of sp³-hybridized carbons (Fsp3) is 0.944. The number of phosphoric acid groups is 2. The van der Waals surface area contributed by atoms with Crippen molar-refractivity contribution >= 4 is 39.5 Å². The lowest BCUT2D eigenvalue weighted by atomic mass is 9.99. The van der Waals surface area contributed by atoms with Gasteiger partial charge < -0.3 is 33.8 Å². The van der Waals surface area contributed by atoms with Crippen molar-refractivity contribution in [1.82, 2.24) is 0 Å². The third-order valence-electron chi connectivity index (χ3n) is 16.9. The van der Waals surface area contributed by atoms with Crippen LogP contribution in [0.2, 0.25) is 0 Å². The third kappa shape index (κ3) is 65.1. The summed E-state index contributed by atoms with van der Waals surface area (Å²) in [7, 11) is -9.90. The number of esters is 4. The molecule has 0 aliphatic carbocycles. The van der Waals surface area contributed by atoms with E-state index in [1.54, 1.807) is 0 Å². The Bertz CT molecular complexity index is 1800. The monoisotopic (exact) mass is 1340 g/mol. The SMILES string of the molecule is CCC(C)CCCCCCCCCCCCCCCCC(=O)O[C@H](COC(=O)CCCCCCCCC(C)C)COP(=O)(O)OC[C@H](O)COP(=O)(O)OC[C@@H](COC(=O)CCCCCCCCCCCCCC(C)C)OC(=O)CCCCCCCCCC(C)C.